The van der Waals surface area contributed by atoms with Crippen LogP contribution in [-0.4, -0.2) is 13.1 Å². The van der Waals surface area contributed by atoms with Crippen molar-refractivity contribution < 1.29 is 9.53 Å². The maximum Gasteiger partial charge on any atom is 0.337 e. The van der Waals surface area contributed by atoms with Gasteiger partial charge in [-0.1, -0.05) is 36.5 Å². The van der Waals surface area contributed by atoms with Crippen LogP contribution < -0.4 is 0 Å². The van der Waals surface area contributed by atoms with Gasteiger partial charge in [-0.25, -0.2) is 4.79 Å². The Labute approximate surface area is 129 Å². The quantitative estimate of drug-likeness (QED) is 0.607. The molecule has 0 fully saturated rings. The summed E-state index contributed by atoms with van der Waals surface area (Å²) in [4.78, 5) is 13.9. The number of hydrogen-bond acceptors (Lipinski definition) is 3. The van der Waals surface area contributed by atoms with Crippen LogP contribution in [-0.2, 0) is 9.53 Å². The Kier molecular flexibility index (Phi) is 4.86. The van der Waals surface area contributed by atoms with E-state index in [-0.39, 0.29) is 0 Å². The van der Waals surface area contributed by atoms with Gasteiger partial charge in [-0.05, 0) is 49.2 Å². The minimum atomic E-state index is -0.395. The molecule has 0 aliphatic rings. The largest absolute Gasteiger partial charge is 0.465 e. The van der Waals surface area contributed by atoms with Gasteiger partial charge in [-0.15, -0.1) is 0 Å². The molecule has 0 heterocycles. The molecule has 0 atom stereocenters. The van der Waals surface area contributed by atoms with Gasteiger partial charge >= 0.3 is 5.97 Å². The lowest BCUT2D eigenvalue weighted by molar-refractivity contribution is -0.133. The smallest absolute Gasteiger partial charge is 0.337 e. The molecule has 0 unspecified atom stereocenters. The molecule has 0 saturated heterocycles. The van der Waals surface area contributed by atoms with Crippen LogP contribution in [0.2, 0.25) is 0 Å². The van der Waals surface area contributed by atoms with Crippen LogP contribution in [0.3, 0.4) is 0 Å². The lowest BCUT2D eigenvalue weighted by atomic mass is 10.0. The number of rotatable bonds is 4. The standard InChI is InChI=1S/C18H18O2S/c1-12-10-16(14(3)18(19)20-4)17(11-13(12)2)21-15-8-6-5-7-9-15/h5-11H,3H2,1-2,4H3. The van der Waals surface area contributed by atoms with Crippen LogP contribution >= 0.6 is 11.8 Å². The van der Waals surface area contributed by atoms with E-state index in [1.165, 1.54) is 12.7 Å². The number of methoxy groups -OCH3 is 1. The van der Waals surface area contributed by atoms with Crippen molar-refractivity contribution in [2.45, 2.75) is 23.6 Å². The molecule has 3 heteroatoms. The average Bonchev–Trinajstić information content (AvgIpc) is 2.50. The average molecular weight is 298 g/mol. The van der Waals surface area contributed by atoms with E-state index in [4.69, 9.17) is 4.74 Å². The topological polar surface area (TPSA) is 26.3 Å². The number of carbonyl (C=O) groups excluding carboxylic acids is 1. The fourth-order valence-corrected chi connectivity index (χ4v) is 3.03. The third-order valence-corrected chi connectivity index (χ3v) is 4.39. The predicted molar refractivity (Wildman–Crippen MR) is 87.5 cm³/mol. The highest BCUT2D eigenvalue weighted by atomic mass is 32.2. The molecule has 0 bridgehead atoms. The molecule has 0 aliphatic carbocycles. The van der Waals surface area contributed by atoms with Crippen molar-refractivity contribution in [3.05, 3.63) is 65.7 Å². The van der Waals surface area contributed by atoms with E-state index >= 15 is 0 Å². The number of hydrogen-bond donors (Lipinski definition) is 0. The van der Waals surface area contributed by atoms with E-state index < -0.39 is 5.97 Å². The normalized spacial score (nSPS) is 10.2. The molecule has 0 N–H and O–H groups in total. The van der Waals surface area contributed by atoms with Crippen LogP contribution in [0.5, 0.6) is 0 Å². The molecule has 0 spiro atoms. The minimum absolute atomic E-state index is 0.388. The summed E-state index contributed by atoms with van der Waals surface area (Å²) in [6, 6.07) is 14.2. The van der Waals surface area contributed by atoms with E-state index in [0.717, 1.165) is 20.9 Å². The molecular formula is C18H18O2S. The van der Waals surface area contributed by atoms with E-state index in [0.29, 0.717) is 5.57 Å². The summed E-state index contributed by atoms with van der Waals surface area (Å²) >= 11 is 1.62. The van der Waals surface area contributed by atoms with E-state index in [1.807, 2.05) is 43.3 Å². The minimum Gasteiger partial charge on any atom is -0.465 e. The van der Waals surface area contributed by atoms with Crippen LogP contribution in [0.15, 0.2) is 58.8 Å². The van der Waals surface area contributed by atoms with Crippen LogP contribution in [0.4, 0.5) is 0 Å². The van der Waals surface area contributed by atoms with Gasteiger partial charge in [0.25, 0.3) is 0 Å². The predicted octanol–water partition coefficient (Wildman–Crippen LogP) is 4.64. The summed E-state index contributed by atoms with van der Waals surface area (Å²) in [5.41, 5.74) is 3.54. The zero-order valence-electron chi connectivity index (χ0n) is 12.5. The summed E-state index contributed by atoms with van der Waals surface area (Å²) < 4.78 is 4.79. The number of ether oxygens (including phenoxy) is 1. The first kappa shape index (κ1) is 15.4. The highest BCUT2D eigenvalue weighted by Crippen LogP contribution is 2.35. The lowest BCUT2D eigenvalue weighted by Crippen LogP contribution is -2.04. The Morgan fingerprint density at radius 3 is 2.33 bits per heavy atom. The summed E-state index contributed by atoms with van der Waals surface area (Å²) in [5.74, 6) is -0.395. The van der Waals surface area contributed by atoms with E-state index in [1.54, 1.807) is 11.8 Å². The maximum atomic E-state index is 11.8. The maximum absolute atomic E-state index is 11.8. The van der Waals surface area contributed by atoms with Crippen molar-refractivity contribution in [2.75, 3.05) is 7.11 Å². The van der Waals surface area contributed by atoms with E-state index in [9.17, 15) is 4.79 Å². The first-order valence-electron chi connectivity index (χ1n) is 6.64. The molecular weight excluding hydrogens is 280 g/mol. The third kappa shape index (κ3) is 3.56. The molecule has 0 amide bonds. The molecule has 0 aromatic heterocycles. The van der Waals surface area contributed by atoms with Gasteiger partial charge < -0.3 is 4.74 Å². The molecule has 2 aromatic rings. The lowest BCUT2D eigenvalue weighted by Gasteiger charge is -2.13. The molecule has 108 valence electrons. The zero-order valence-corrected chi connectivity index (χ0v) is 13.3. The van der Waals surface area contributed by atoms with Gasteiger partial charge in [-0.3, -0.25) is 0 Å². The van der Waals surface area contributed by atoms with Gasteiger partial charge in [0.05, 0.1) is 12.7 Å². The molecule has 21 heavy (non-hydrogen) atoms. The Hall–Kier alpha value is -2.00. The SMILES string of the molecule is C=C(C(=O)OC)c1cc(C)c(C)cc1Sc1ccccc1. The zero-order chi connectivity index (χ0) is 15.4. The molecule has 2 rings (SSSR count). The Morgan fingerprint density at radius 2 is 1.71 bits per heavy atom. The fraction of sp³-hybridized carbons (Fsp3) is 0.167. The number of carbonyl (C=O) groups is 1. The highest BCUT2D eigenvalue weighted by molar-refractivity contribution is 7.99. The summed E-state index contributed by atoms with van der Waals surface area (Å²) in [7, 11) is 1.37. The Balaban J connectivity index is 2.46. The second-order valence-electron chi connectivity index (χ2n) is 4.82. The molecule has 2 aromatic carbocycles. The van der Waals surface area contributed by atoms with Crippen molar-refractivity contribution in [1.29, 1.82) is 0 Å². The number of esters is 1. The number of benzene rings is 2. The fourth-order valence-electron chi connectivity index (χ4n) is 1.96. The molecule has 2 nitrogen and oxygen atoms in total. The second kappa shape index (κ2) is 6.64. The van der Waals surface area contributed by atoms with Gasteiger partial charge in [0.1, 0.15) is 0 Å². The molecule has 0 saturated carbocycles. The summed E-state index contributed by atoms with van der Waals surface area (Å²) in [6.07, 6.45) is 0. The first-order chi connectivity index (χ1) is 10.0. The van der Waals surface area contributed by atoms with Crippen LogP contribution in [0, 0.1) is 13.8 Å². The van der Waals surface area contributed by atoms with Crippen molar-refractivity contribution >= 4 is 23.3 Å². The Morgan fingerprint density at radius 1 is 1.10 bits per heavy atom. The van der Waals surface area contributed by atoms with Gasteiger partial charge in [0.15, 0.2) is 0 Å². The van der Waals surface area contributed by atoms with Crippen LogP contribution in [0.1, 0.15) is 16.7 Å². The third-order valence-electron chi connectivity index (χ3n) is 3.32. The van der Waals surface area contributed by atoms with Crippen molar-refractivity contribution in [1.82, 2.24) is 0 Å². The monoisotopic (exact) mass is 298 g/mol. The van der Waals surface area contributed by atoms with Crippen molar-refractivity contribution in [3.8, 4) is 0 Å². The Bertz CT molecular complexity index is 675. The van der Waals surface area contributed by atoms with Gasteiger partial charge in [-0.2, -0.15) is 0 Å². The number of aryl methyl sites for hydroxylation is 2. The van der Waals surface area contributed by atoms with Crippen molar-refractivity contribution in [3.63, 3.8) is 0 Å². The summed E-state index contributed by atoms with van der Waals surface area (Å²) in [5, 5.41) is 0. The summed E-state index contributed by atoms with van der Waals surface area (Å²) in [6.45, 7) is 7.97. The van der Waals surface area contributed by atoms with Gasteiger partial charge in [0.2, 0.25) is 0 Å². The first-order valence-corrected chi connectivity index (χ1v) is 7.46. The van der Waals surface area contributed by atoms with Crippen molar-refractivity contribution in [2.24, 2.45) is 0 Å². The second-order valence-corrected chi connectivity index (χ2v) is 5.93. The molecule has 0 radical (unpaired) electrons. The van der Waals surface area contributed by atoms with E-state index in [2.05, 4.69) is 19.6 Å². The highest BCUT2D eigenvalue weighted by Gasteiger charge is 2.16. The van der Waals surface area contributed by atoms with Crippen LogP contribution in [0.25, 0.3) is 5.57 Å². The molecule has 0 aliphatic heterocycles. The van der Waals surface area contributed by atoms with Gasteiger partial charge in [0, 0.05) is 15.4 Å².